The van der Waals surface area contributed by atoms with Gasteiger partial charge in [-0.05, 0) is 62.3 Å². The Morgan fingerprint density at radius 1 is 0.433 bits per heavy atom. The van der Waals surface area contributed by atoms with Crippen molar-refractivity contribution in [2.24, 2.45) is 0 Å². The van der Waals surface area contributed by atoms with Gasteiger partial charge in [-0.1, -0.05) is 39.5 Å². The molecule has 0 aliphatic carbocycles. The first kappa shape index (κ1) is 51.7. The van der Waals surface area contributed by atoms with E-state index in [9.17, 15) is 28.8 Å². The Bertz CT molecular complexity index is 1710. The van der Waals surface area contributed by atoms with Gasteiger partial charge in [-0.25, -0.2) is 28.8 Å². The SMILES string of the molecule is C=CC(=O)OC(C)CN(CC(C)OC(=O)C=C)c1nc(N(CC(C)OC(=O)C=C)CC(C)OC(=O)C(=C)C)nc(N(CC(C)OC(=O)C(=C)C)CC(C)OC(=O)C(=C)C)n1. The normalized spacial score (nSPS) is 13.6. The van der Waals surface area contributed by atoms with Gasteiger partial charge in [-0.2, -0.15) is 15.0 Å². The predicted octanol–water partition coefficient (Wildman–Crippen LogP) is 4.17. The highest BCUT2D eigenvalue weighted by Crippen LogP contribution is 2.24. The Balaban J connectivity index is 4.26. The van der Waals surface area contributed by atoms with Crippen LogP contribution in [0, 0.1) is 0 Å². The van der Waals surface area contributed by atoms with Crippen LogP contribution in [0.1, 0.15) is 62.3 Å². The van der Waals surface area contributed by atoms with Crippen LogP contribution in [0.15, 0.2) is 74.4 Å². The van der Waals surface area contributed by atoms with Crippen molar-refractivity contribution >= 4 is 53.7 Å². The molecule has 1 rings (SSSR count). The van der Waals surface area contributed by atoms with Gasteiger partial charge in [0.2, 0.25) is 17.8 Å². The molecule has 0 aliphatic rings. The minimum absolute atomic E-state index is 0.0183. The molecule has 0 N–H and O–H groups in total. The van der Waals surface area contributed by atoms with E-state index < -0.39 is 72.4 Å². The summed E-state index contributed by atoms with van der Waals surface area (Å²) in [5.41, 5.74) is 0.495. The monoisotopic (exact) mass is 840 g/mol. The molecular formula is C42H60N6O12. The van der Waals surface area contributed by atoms with E-state index in [0.29, 0.717) is 0 Å². The van der Waals surface area contributed by atoms with E-state index in [1.165, 1.54) is 20.8 Å². The first-order valence-corrected chi connectivity index (χ1v) is 19.1. The van der Waals surface area contributed by atoms with Crippen LogP contribution in [-0.2, 0) is 57.2 Å². The second-order valence-electron chi connectivity index (χ2n) is 14.3. The van der Waals surface area contributed by atoms with Crippen molar-refractivity contribution in [1.29, 1.82) is 0 Å². The summed E-state index contributed by atoms with van der Waals surface area (Å²) in [4.78, 5) is 93.7. The van der Waals surface area contributed by atoms with Crippen molar-refractivity contribution in [3.63, 3.8) is 0 Å². The zero-order chi connectivity index (χ0) is 45.9. The molecule has 6 unspecified atom stereocenters. The highest BCUT2D eigenvalue weighted by molar-refractivity contribution is 5.88. The molecule has 18 heteroatoms. The van der Waals surface area contributed by atoms with Crippen molar-refractivity contribution in [3.8, 4) is 0 Å². The third-order valence-electron chi connectivity index (χ3n) is 7.74. The summed E-state index contributed by atoms with van der Waals surface area (Å²) < 4.78 is 33.3. The summed E-state index contributed by atoms with van der Waals surface area (Å²) in [6.07, 6.45) is -1.75. The van der Waals surface area contributed by atoms with Crippen molar-refractivity contribution in [3.05, 3.63) is 74.4 Å². The molecule has 0 amide bonds. The average Bonchev–Trinajstić information content (AvgIpc) is 3.16. The summed E-state index contributed by atoms with van der Waals surface area (Å²) in [5.74, 6) is -4.08. The molecular weight excluding hydrogens is 780 g/mol. The van der Waals surface area contributed by atoms with Gasteiger partial charge < -0.3 is 43.1 Å². The average molecular weight is 841 g/mol. The summed E-state index contributed by atoms with van der Waals surface area (Å²) in [6.45, 7) is 35.4. The van der Waals surface area contributed by atoms with Gasteiger partial charge in [-0.3, -0.25) is 0 Å². The first-order valence-electron chi connectivity index (χ1n) is 19.1. The number of hydrogen-bond acceptors (Lipinski definition) is 18. The smallest absolute Gasteiger partial charge is 0.333 e. The highest BCUT2D eigenvalue weighted by atomic mass is 16.6. The number of ether oxygens (including phenoxy) is 6. The number of esters is 6. The molecule has 0 radical (unpaired) electrons. The second-order valence-corrected chi connectivity index (χ2v) is 14.3. The van der Waals surface area contributed by atoms with E-state index in [-0.39, 0.29) is 73.8 Å². The standard InChI is InChI=1S/C42H60N6O12/c1-16-34(49)55-28(10)19-46(20-29(11)56-35(50)17-2)40-43-41(47(21-30(12)57-36(51)18-3)22-31(13)58-37(52)25(4)5)45-42(44-40)48(23-32(14)59-38(53)26(6)7)24-33(15)60-39(54)27(8)9/h16-18,28-33H,1-4,6,8,19-24H2,5,7,9-15H3. The summed E-state index contributed by atoms with van der Waals surface area (Å²) in [6, 6.07) is 0. The van der Waals surface area contributed by atoms with Gasteiger partial charge in [-0.15, -0.1) is 0 Å². The van der Waals surface area contributed by atoms with Crippen LogP contribution in [0.3, 0.4) is 0 Å². The Morgan fingerprint density at radius 3 is 0.783 bits per heavy atom. The molecule has 0 aromatic carbocycles. The molecule has 60 heavy (non-hydrogen) atoms. The minimum atomic E-state index is -0.800. The van der Waals surface area contributed by atoms with E-state index in [1.54, 1.807) is 56.2 Å². The fourth-order valence-electron chi connectivity index (χ4n) is 5.16. The summed E-state index contributed by atoms with van der Waals surface area (Å²) >= 11 is 0. The fourth-order valence-corrected chi connectivity index (χ4v) is 5.16. The lowest BCUT2D eigenvalue weighted by Gasteiger charge is -2.33. The summed E-state index contributed by atoms with van der Waals surface area (Å²) in [7, 11) is 0. The highest BCUT2D eigenvalue weighted by Gasteiger charge is 2.29. The Labute approximate surface area is 352 Å². The van der Waals surface area contributed by atoms with Gasteiger partial charge in [0.25, 0.3) is 0 Å². The Kier molecular flexibility index (Phi) is 21.7. The van der Waals surface area contributed by atoms with Gasteiger partial charge in [0, 0.05) is 34.9 Å². The van der Waals surface area contributed by atoms with Crippen molar-refractivity contribution in [2.45, 2.75) is 98.9 Å². The lowest BCUT2D eigenvalue weighted by molar-refractivity contribution is -0.144. The largest absolute Gasteiger partial charge is 0.458 e. The number of carbonyl (C=O) groups is 6. The van der Waals surface area contributed by atoms with E-state index >= 15 is 0 Å². The van der Waals surface area contributed by atoms with Gasteiger partial charge >= 0.3 is 35.8 Å². The van der Waals surface area contributed by atoms with Crippen LogP contribution in [-0.4, -0.2) is 127 Å². The van der Waals surface area contributed by atoms with Crippen molar-refractivity contribution in [1.82, 2.24) is 15.0 Å². The van der Waals surface area contributed by atoms with Gasteiger partial charge in [0.1, 0.15) is 36.6 Å². The molecule has 0 fully saturated rings. The number of carbonyl (C=O) groups excluding carboxylic acids is 6. The molecule has 0 saturated carbocycles. The van der Waals surface area contributed by atoms with Crippen molar-refractivity contribution < 1.29 is 57.2 Å². The zero-order valence-corrected chi connectivity index (χ0v) is 36.3. The first-order chi connectivity index (χ1) is 28.0. The van der Waals surface area contributed by atoms with Crippen LogP contribution >= 0.6 is 0 Å². The van der Waals surface area contributed by atoms with Crippen LogP contribution in [0.4, 0.5) is 17.8 Å². The number of nitrogens with zero attached hydrogens (tertiary/aromatic N) is 6. The second kappa shape index (κ2) is 25.2. The molecule has 0 spiro atoms. The van der Waals surface area contributed by atoms with Gasteiger partial charge in [0.05, 0.1) is 39.3 Å². The van der Waals surface area contributed by atoms with E-state index in [4.69, 9.17) is 43.4 Å². The van der Waals surface area contributed by atoms with E-state index in [1.807, 2.05) is 0 Å². The van der Waals surface area contributed by atoms with E-state index in [0.717, 1.165) is 18.2 Å². The molecule has 1 aromatic rings. The number of aromatic nitrogens is 3. The van der Waals surface area contributed by atoms with Crippen LogP contribution in [0.25, 0.3) is 0 Å². The molecule has 0 saturated heterocycles. The topological polar surface area (TPSA) is 206 Å². The maximum atomic E-state index is 12.6. The molecule has 1 aromatic heterocycles. The number of rotatable bonds is 27. The van der Waals surface area contributed by atoms with Crippen molar-refractivity contribution in [2.75, 3.05) is 54.0 Å². The molecule has 330 valence electrons. The zero-order valence-electron chi connectivity index (χ0n) is 36.3. The predicted molar refractivity (Wildman–Crippen MR) is 225 cm³/mol. The third kappa shape index (κ3) is 18.9. The van der Waals surface area contributed by atoms with Gasteiger partial charge in [0.15, 0.2) is 0 Å². The lowest BCUT2D eigenvalue weighted by atomic mass is 10.3. The van der Waals surface area contributed by atoms with Crippen LogP contribution in [0.5, 0.6) is 0 Å². The quantitative estimate of drug-likeness (QED) is 0.0692. The maximum Gasteiger partial charge on any atom is 0.333 e. The van der Waals surface area contributed by atoms with Crippen LogP contribution < -0.4 is 14.7 Å². The molecule has 0 aliphatic heterocycles. The maximum absolute atomic E-state index is 12.6. The minimum Gasteiger partial charge on any atom is -0.458 e. The summed E-state index contributed by atoms with van der Waals surface area (Å²) in [5, 5.41) is 0. The molecule has 1 heterocycles. The molecule has 6 atom stereocenters. The number of hydrogen-bond donors (Lipinski definition) is 0. The number of anilines is 3. The lowest BCUT2D eigenvalue weighted by Crippen LogP contribution is -2.44. The van der Waals surface area contributed by atoms with E-state index in [2.05, 4.69) is 39.5 Å². The Morgan fingerprint density at radius 2 is 0.617 bits per heavy atom. The third-order valence-corrected chi connectivity index (χ3v) is 7.74. The Hall–Kier alpha value is -6.33. The van der Waals surface area contributed by atoms with Crippen LogP contribution in [0.2, 0.25) is 0 Å². The fraction of sp³-hybridized carbons (Fsp3) is 0.500. The molecule has 0 bridgehead atoms. The molecule has 18 nitrogen and oxygen atoms in total.